The van der Waals surface area contributed by atoms with Crippen molar-refractivity contribution in [2.45, 2.75) is 20.3 Å². The lowest BCUT2D eigenvalue weighted by molar-refractivity contribution is -0.117. The van der Waals surface area contributed by atoms with E-state index in [0.717, 1.165) is 23.2 Å². The number of rotatable bonds is 5. The van der Waals surface area contributed by atoms with Crippen LogP contribution in [0.1, 0.15) is 20.3 Å². The van der Waals surface area contributed by atoms with Crippen LogP contribution in [0.25, 0.3) is 10.2 Å². The molecular formula is C19H26N4O3S. The summed E-state index contributed by atoms with van der Waals surface area (Å²) in [6.45, 7) is 7.43. The van der Waals surface area contributed by atoms with E-state index < -0.39 is 0 Å². The van der Waals surface area contributed by atoms with Crippen LogP contribution >= 0.6 is 11.3 Å². The normalized spacial score (nSPS) is 15.7. The highest BCUT2D eigenvalue weighted by Gasteiger charge is 2.22. The molecule has 1 N–H and O–H groups in total. The maximum Gasteiger partial charge on any atom is 0.409 e. The maximum absolute atomic E-state index is 12.4. The third-order valence-electron chi connectivity index (χ3n) is 4.29. The lowest BCUT2D eigenvalue weighted by atomic mass is 10.2. The Morgan fingerprint density at radius 2 is 2.04 bits per heavy atom. The molecule has 2 heterocycles. The van der Waals surface area contributed by atoms with Crippen LogP contribution in [0.15, 0.2) is 24.3 Å². The standard InChI is InChI=1S/C19H26N4O3S/c1-14(2)13-26-19(25)23-9-5-8-22(10-11-23)12-17(24)21-18-20-15-6-3-4-7-16(15)27-18/h3-4,6-7,14H,5,8-13H2,1-2H3,(H,20,21,24). The molecule has 0 radical (unpaired) electrons. The number of amides is 2. The predicted octanol–water partition coefficient (Wildman–Crippen LogP) is 3.04. The van der Waals surface area contributed by atoms with E-state index in [0.29, 0.717) is 43.8 Å². The highest BCUT2D eigenvalue weighted by Crippen LogP contribution is 2.25. The molecule has 2 aromatic rings. The van der Waals surface area contributed by atoms with Gasteiger partial charge in [0.2, 0.25) is 5.91 Å². The Morgan fingerprint density at radius 1 is 1.22 bits per heavy atom. The molecule has 27 heavy (non-hydrogen) atoms. The molecule has 0 spiro atoms. The first-order valence-electron chi connectivity index (χ1n) is 9.31. The Hall–Kier alpha value is -2.19. The topological polar surface area (TPSA) is 74.8 Å². The second-order valence-corrected chi connectivity index (χ2v) is 8.15. The fourth-order valence-electron chi connectivity index (χ4n) is 2.93. The summed E-state index contributed by atoms with van der Waals surface area (Å²) < 4.78 is 6.36. The fourth-order valence-corrected chi connectivity index (χ4v) is 3.81. The zero-order valence-electron chi connectivity index (χ0n) is 15.8. The highest BCUT2D eigenvalue weighted by atomic mass is 32.1. The summed E-state index contributed by atoms with van der Waals surface area (Å²) in [6, 6.07) is 7.82. The van der Waals surface area contributed by atoms with Crippen LogP contribution in [0.4, 0.5) is 9.93 Å². The highest BCUT2D eigenvalue weighted by molar-refractivity contribution is 7.22. The minimum atomic E-state index is -0.260. The zero-order valence-corrected chi connectivity index (χ0v) is 16.6. The van der Waals surface area contributed by atoms with Crippen molar-refractivity contribution in [3.05, 3.63) is 24.3 Å². The quantitative estimate of drug-likeness (QED) is 0.849. The Balaban J connectivity index is 1.47. The Bertz CT molecular complexity index is 759. The molecule has 1 fully saturated rings. The summed E-state index contributed by atoms with van der Waals surface area (Å²) in [5.41, 5.74) is 0.892. The first-order chi connectivity index (χ1) is 13.0. The molecule has 8 heteroatoms. The van der Waals surface area contributed by atoms with Gasteiger partial charge in [-0.05, 0) is 24.5 Å². The van der Waals surface area contributed by atoms with E-state index in [1.54, 1.807) is 4.90 Å². The van der Waals surface area contributed by atoms with E-state index in [2.05, 4.69) is 15.2 Å². The minimum absolute atomic E-state index is 0.0788. The van der Waals surface area contributed by atoms with Crippen LogP contribution < -0.4 is 5.32 Å². The first kappa shape index (κ1) is 19.6. The summed E-state index contributed by atoms with van der Waals surface area (Å²) in [5, 5.41) is 3.51. The SMILES string of the molecule is CC(C)COC(=O)N1CCCN(CC(=O)Nc2nc3ccccc3s2)CC1. The number of aromatic nitrogens is 1. The number of ether oxygens (including phenoxy) is 1. The van der Waals surface area contributed by atoms with Gasteiger partial charge < -0.3 is 15.0 Å². The van der Waals surface area contributed by atoms with Crippen molar-refractivity contribution < 1.29 is 14.3 Å². The molecule has 1 aliphatic heterocycles. The summed E-state index contributed by atoms with van der Waals surface area (Å²) in [4.78, 5) is 32.7. The van der Waals surface area contributed by atoms with Gasteiger partial charge in [0.15, 0.2) is 5.13 Å². The van der Waals surface area contributed by atoms with Gasteiger partial charge >= 0.3 is 6.09 Å². The molecule has 0 aliphatic carbocycles. The minimum Gasteiger partial charge on any atom is -0.449 e. The monoisotopic (exact) mass is 390 g/mol. The van der Waals surface area contributed by atoms with Gasteiger partial charge in [-0.25, -0.2) is 9.78 Å². The smallest absolute Gasteiger partial charge is 0.409 e. The summed E-state index contributed by atoms with van der Waals surface area (Å²) in [6.07, 6.45) is 0.565. The zero-order chi connectivity index (χ0) is 19.2. The van der Waals surface area contributed by atoms with Crippen LogP contribution in [0.2, 0.25) is 0 Å². The van der Waals surface area contributed by atoms with E-state index in [1.807, 2.05) is 38.1 Å². The van der Waals surface area contributed by atoms with Gasteiger partial charge in [-0.3, -0.25) is 9.69 Å². The maximum atomic E-state index is 12.4. The average Bonchev–Trinajstić information content (AvgIpc) is 2.89. The largest absolute Gasteiger partial charge is 0.449 e. The van der Waals surface area contributed by atoms with Gasteiger partial charge in [0, 0.05) is 26.2 Å². The molecular weight excluding hydrogens is 364 g/mol. The molecule has 3 rings (SSSR count). The van der Waals surface area contributed by atoms with Crippen LogP contribution in [-0.4, -0.2) is 66.1 Å². The number of para-hydroxylation sites is 1. The molecule has 1 saturated heterocycles. The van der Waals surface area contributed by atoms with E-state index in [-0.39, 0.29) is 12.0 Å². The molecule has 0 bridgehead atoms. The van der Waals surface area contributed by atoms with Gasteiger partial charge in [-0.1, -0.05) is 37.3 Å². The first-order valence-corrected chi connectivity index (χ1v) is 10.1. The summed E-state index contributed by atoms with van der Waals surface area (Å²) in [7, 11) is 0. The second-order valence-electron chi connectivity index (χ2n) is 7.12. The number of anilines is 1. The third kappa shape index (κ3) is 5.64. The number of thiazole rings is 1. The predicted molar refractivity (Wildman–Crippen MR) is 107 cm³/mol. The number of carbonyl (C=O) groups is 2. The summed E-state index contributed by atoms with van der Waals surface area (Å²) in [5.74, 6) is 0.244. The van der Waals surface area contributed by atoms with Crippen LogP contribution in [0.3, 0.4) is 0 Å². The molecule has 2 amide bonds. The van der Waals surface area contributed by atoms with Crippen molar-refractivity contribution in [3.63, 3.8) is 0 Å². The third-order valence-corrected chi connectivity index (χ3v) is 5.25. The second kappa shape index (κ2) is 9.14. The van der Waals surface area contributed by atoms with Crippen LogP contribution in [0.5, 0.6) is 0 Å². The molecule has 1 aromatic carbocycles. The number of carbonyl (C=O) groups excluding carboxylic acids is 2. The van der Waals surface area contributed by atoms with E-state index in [9.17, 15) is 9.59 Å². The van der Waals surface area contributed by atoms with Crippen molar-refractivity contribution in [3.8, 4) is 0 Å². The van der Waals surface area contributed by atoms with Gasteiger partial charge in [-0.2, -0.15) is 0 Å². The molecule has 146 valence electrons. The van der Waals surface area contributed by atoms with Crippen molar-refractivity contribution in [1.29, 1.82) is 0 Å². The van der Waals surface area contributed by atoms with Gasteiger partial charge in [0.1, 0.15) is 0 Å². The molecule has 0 atom stereocenters. The lowest BCUT2D eigenvalue weighted by Crippen LogP contribution is -2.38. The van der Waals surface area contributed by atoms with Crippen LogP contribution in [0, 0.1) is 5.92 Å². The van der Waals surface area contributed by atoms with Gasteiger partial charge in [0.25, 0.3) is 0 Å². The molecule has 1 aliphatic rings. The Kier molecular flexibility index (Phi) is 6.63. The molecule has 0 unspecified atom stereocenters. The van der Waals surface area contributed by atoms with Crippen molar-refractivity contribution >= 4 is 38.7 Å². The van der Waals surface area contributed by atoms with E-state index in [1.165, 1.54) is 11.3 Å². The van der Waals surface area contributed by atoms with Crippen molar-refractivity contribution in [2.75, 3.05) is 44.6 Å². The van der Waals surface area contributed by atoms with E-state index >= 15 is 0 Å². The fraction of sp³-hybridized carbons (Fsp3) is 0.526. The molecule has 0 saturated carbocycles. The van der Waals surface area contributed by atoms with Crippen molar-refractivity contribution in [2.24, 2.45) is 5.92 Å². The van der Waals surface area contributed by atoms with Crippen molar-refractivity contribution in [1.82, 2.24) is 14.8 Å². The number of benzene rings is 1. The number of hydrogen-bond donors (Lipinski definition) is 1. The number of nitrogens with one attached hydrogen (secondary N) is 1. The van der Waals surface area contributed by atoms with Gasteiger partial charge in [0.05, 0.1) is 23.4 Å². The van der Waals surface area contributed by atoms with E-state index in [4.69, 9.17) is 4.74 Å². The number of nitrogens with zero attached hydrogens (tertiary/aromatic N) is 3. The van der Waals surface area contributed by atoms with Gasteiger partial charge in [-0.15, -0.1) is 0 Å². The average molecular weight is 391 g/mol. The summed E-state index contributed by atoms with van der Waals surface area (Å²) >= 11 is 1.47. The number of fused-ring (bicyclic) bond motifs is 1. The Morgan fingerprint density at radius 3 is 2.81 bits per heavy atom. The molecule has 7 nitrogen and oxygen atoms in total. The molecule has 1 aromatic heterocycles. The Labute approximate surface area is 163 Å². The van der Waals surface area contributed by atoms with Crippen LogP contribution in [-0.2, 0) is 9.53 Å². The number of hydrogen-bond acceptors (Lipinski definition) is 6. The lowest BCUT2D eigenvalue weighted by Gasteiger charge is -2.21.